The van der Waals surface area contributed by atoms with Crippen molar-refractivity contribution < 1.29 is 14.1 Å². The van der Waals surface area contributed by atoms with Crippen molar-refractivity contribution >= 4 is 17.7 Å². The van der Waals surface area contributed by atoms with E-state index in [0.29, 0.717) is 22.9 Å². The predicted molar refractivity (Wildman–Crippen MR) is 108 cm³/mol. The normalized spacial score (nSPS) is 10.9. The molecule has 7 heteroatoms. The van der Waals surface area contributed by atoms with Crippen LogP contribution in [0.2, 0.25) is 0 Å². The van der Waals surface area contributed by atoms with Crippen LogP contribution in [-0.2, 0) is 12.3 Å². The molecule has 3 rings (SSSR count). The molecule has 1 aromatic carbocycles. The molecule has 2 heterocycles. The molecule has 1 N–H and O–H groups in total. The summed E-state index contributed by atoms with van der Waals surface area (Å²) in [6, 6.07) is 13.1. The average molecular weight is 398 g/mol. The Hall–Kier alpha value is -2.80. The van der Waals surface area contributed by atoms with Crippen molar-refractivity contribution in [1.82, 2.24) is 15.5 Å². The van der Waals surface area contributed by atoms with E-state index in [9.17, 15) is 4.79 Å². The van der Waals surface area contributed by atoms with Crippen LogP contribution >= 0.6 is 11.8 Å². The minimum Gasteiger partial charge on any atom is -0.491 e. The molecular formula is C21H23N3O3S. The second kappa shape index (κ2) is 9.41. The highest BCUT2D eigenvalue weighted by molar-refractivity contribution is 7.98. The molecule has 0 atom stereocenters. The van der Waals surface area contributed by atoms with E-state index in [0.717, 1.165) is 22.8 Å². The Kier molecular flexibility index (Phi) is 6.71. The Morgan fingerprint density at radius 1 is 1.25 bits per heavy atom. The van der Waals surface area contributed by atoms with Crippen molar-refractivity contribution in [2.24, 2.45) is 0 Å². The van der Waals surface area contributed by atoms with E-state index in [2.05, 4.69) is 15.5 Å². The number of ether oxygens (including phenoxy) is 1. The van der Waals surface area contributed by atoms with Crippen LogP contribution in [0.3, 0.4) is 0 Å². The minimum atomic E-state index is -0.158. The number of hydrogen-bond donors (Lipinski definition) is 1. The molecule has 3 aromatic rings. The fourth-order valence-electron chi connectivity index (χ4n) is 2.54. The van der Waals surface area contributed by atoms with Gasteiger partial charge in [0.1, 0.15) is 16.5 Å². The number of thioether (sulfide) groups is 1. The lowest BCUT2D eigenvalue weighted by Crippen LogP contribution is -2.23. The summed E-state index contributed by atoms with van der Waals surface area (Å²) in [6.07, 6.45) is 1.81. The van der Waals surface area contributed by atoms with Crippen LogP contribution in [0.4, 0.5) is 0 Å². The van der Waals surface area contributed by atoms with Crippen molar-refractivity contribution in [3.8, 4) is 5.75 Å². The fraction of sp³-hybridized carbons (Fsp3) is 0.286. The highest BCUT2D eigenvalue weighted by Gasteiger charge is 2.13. The number of hydrogen-bond acceptors (Lipinski definition) is 6. The number of pyridine rings is 1. The topological polar surface area (TPSA) is 77.2 Å². The van der Waals surface area contributed by atoms with Gasteiger partial charge < -0.3 is 14.6 Å². The van der Waals surface area contributed by atoms with Crippen LogP contribution in [0.1, 0.15) is 41.2 Å². The fourth-order valence-corrected chi connectivity index (χ4v) is 3.41. The molecule has 28 heavy (non-hydrogen) atoms. The standard InChI is InChI=1S/C21H23N3O3S/c1-14(2)26-18-8-6-16(7-9-18)12-23-20(25)19-5-4-10-22-21(19)28-13-17-11-15(3)27-24-17/h4-11,14H,12-13H2,1-3H3,(H,23,25). The molecular weight excluding hydrogens is 374 g/mol. The first-order valence-corrected chi connectivity index (χ1v) is 10.0. The predicted octanol–water partition coefficient (Wildman–Crippen LogP) is 4.39. The first-order chi connectivity index (χ1) is 13.5. The van der Waals surface area contributed by atoms with Crippen molar-refractivity contribution in [3.63, 3.8) is 0 Å². The van der Waals surface area contributed by atoms with E-state index in [1.54, 1.807) is 18.3 Å². The molecule has 0 unspecified atom stereocenters. The van der Waals surface area contributed by atoms with Crippen molar-refractivity contribution in [3.05, 3.63) is 71.2 Å². The van der Waals surface area contributed by atoms with E-state index >= 15 is 0 Å². The first kappa shape index (κ1) is 19.9. The number of rotatable bonds is 8. The summed E-state index contributed by atoms with van der Waals surface area (Å²) in [7, 11) is 0. The summed E-state index contributed by atoms with van der Waals surface area (Å²) in [5.74, 6) is 2.01. The third kappa shape index (κ3) is 5.60. The molecule has 6 nitrogen and oxygen atoms in total. The molecule has 0 bridgehead atoms. The highest BCUT2D eigenvalue weighted by Crippen LogP contribution is 2.24. The summed E-state index contributed by atoms with van der Waals surface area (Å²) >= 11 is 1.46. The highest BCUT2D eigenvalue weighted by atomic mass is 32.2. The number of amides is 1. The van der Waals surface area contributed by atoms with Gasteiger partial charge in [0.2, 0.25) is 0 Å². The maximum Gasteiger partial charge on any atom is 0.254 e. The smallest absolute Gasteiger partial charge is 0.254 e. The van der Waals surface area contributed by atoms with Crippen LogP contribution in [0.15, 0.2) is 58.2 Å². The lowest BCUT2D eigenvalue weighted by molar-refractivity contribution is 0.0947. The van der Waals surface area contributed by atoms with E-state index in [1.165, 1.54) is 11.8 Å². The van der Waals surface area contributed by atoms with Crippen molar-refractivity contribution in [2.75, 3.05) is 0 Å². The van der Waals surface area contributed by atoms with Crippen LogP contribution in [0, 0.1) is 6.92 Å². The van der Waals surface area contributed by atoms with Gasteiger partial charge in [0.25, 0.3) is 5.91 Å². The zero-order chi connectivity index (χ0) is 19.9. The van der Waals surface area contributed by atoms with E-state index < -0.39 is 0 Å². The second-order valence-corrected chi connectivity index (χ2v) is 7.53. The van der Waals surface area contributed by atoms with Gasteiger partial charge in [0.15, 0.2) is 0 Å². The van der Waals surface area contributed by atoms with Gasteiger partial charge in [0, 0.05) is 24.6 Å². The summed E-state index contributed by atoms with van der Waals surface area (Å²) in [5.41, 5.74) is 2.37. The minimum absolute atomic E-state index is 0.133. The molecule has 0 aliphatic rings. The zero-order valence-electron chi connectivity index (χ0n) is 16.1. The molecule has 2 aromatic heterocycles. The van der Waals surface area contributed by atoms with Gasteiger partial charge >= 0.3 is 0 Å². The maximum atomic E-state index is 12.6. The number of benzene rings is 1. The maximum absolute atomic E-state index is 12.6. The van der Waals surface area contributed by atoms with E-state index in [-0.39, 0.29) is 12.0 Å². The van der Waals surface area contributed by atoms with Gasteiger partial charge in [0.05, 0.1) is 17.4 Å². The summed E-state index contributed by atoms with van der Waals surface area (Å²) in [6.45, 7) is 6.26. The molecule has 0 saturated heterocycles. The third-order valence-corrected chi connectivity index (χ3v) is 4.84. The first-order valence-electron chi connectivity index (χ1n) is 9.05. The second-order valence-electron chi connectivity index (χ2n) is 6.57. The Balaban J connectivity index is 1.59. The van der Waals surface area contributed by atoms with E-state index in [4.69, 9.17) is 9.26 Å². The van der Waals surface area contributed by atoms with Gasteiger partial charge in [-0.15, -0.1) is 0 Å². The summed E-state index contributed by atoms with van der Waals surface area (Å²) in [4.78, 5) is 17.0. The SMILES string of the molecule is Cc1cc(CSc2ncccc2C(=O)NCc2ccc(OC(C)C)cc2)no1. The van der Waals surface area contributed by atoms with Gasteiger partial charge in [-0.1, -0.05) is 29.1 Å². The lowest BCUT2D eigenvalue weighted by Gasteiger charge is -2.11. The summed E-state index contributed by atoms with van der Waals surface area (Å²) < 4.78 is 10.7. The number of nitrogens with one attached hydrogen (secondary N) is 1. The third-order valence-electron chi connectivity index (χ3n) is 3.80. The van der Waals surface area contributed by atoms with E-state index in [1.807, 2.05) is 51.1 Å². The molecule has 146 valence electrons. The lowest BCUT2D eigenvalue weighted by atomic mass is 10.2. The number of carbonyl (C=O) groups excluding carboxylic acids is 1. The molecule has 0 spiro atoms. The van der Waals surface area contributed by atoms with Crippen LogP contribution in [0.25, 0.3) is 0 Å². The quantitative estimate of drug-likeness (QED) is 0.568. The van der Waals surface area contributed by atoms with Crippen LogP contribution in [0.5, 0.6) is 5.75 Å². The Morgan fingerprint density at radius 2 is 2.04 bits per heavy atom. The molecule has 0 radical (unpaired) electrons. The van der Waals surface area contributed by atoms with Gasteiger partial charge in [-0.3, -0.25) is 4.79 Å². The largest absolute Gasteiger partial charge is 0.491 e. The number of carbonyl (C=O) groups is 1. The molecule has 0 aliphatic carbocycles. The number of aryl methyl sites for hydroxylation is 1. The molecule has 0 saturated carbocycles. The Bertz CT molecular complexity index is 923. The van der Waals surface area contributed by atoms with Gasteiger partial charge in [-0.25, -0.2) is 4.98 Å². The van der Waals surface area contributed by atoms with Crippen LogP contribution in [-0.4, -0.2) is 22.2 Å². The monoisotopic (exact) mass is 397 g/mol. The van der Waals surface area contributed by atoms with Crippen LogP contribution < -0.4 is 10.1 Å². The van der Waals surface area contributed by atoms with Crippen molar-refractivity contribution in [2.45, 2.75) is 44.2 Å². The van der Waals surface area contributed by atoms with Crippen molar-refractivity contribution in [1.29, 1.82) is 0 Å². The van der Waals surface area contributed by atoms with Gasteiger partial charge in [-0.05, 0) is 50.6 Å². The Labute approximate surface area is 168 Å². The molecule has 1 amide bonds. The number of aromatic nitrogens is 2. The van der Waals surface area contributed by atoms with Gasteiger partial charge in [-0.2, -0.15) is 0 Å². The average Bonchev–Trinajstić information content (AvgIpc) is 3.10. The number of nitrogens with zero attached hydrogens (tertiary/aromatic N) is 2. The molecule has 0 aliphatic heterocycles. The summed E-state index contributed by atoms with van der Waals surface area (Å²) in [5, 5.41) is 7.59. The Morgan fingerprint density at radius 3 is 2.71 bits per heavy atom. The molecule has 0 fully saturated rings. The zero-order valence-corrected chi connectivity index (χ0v) is 17.0.